The molecule has 1 heterocycles. The zero-order valence-corrected chi connectivity index (χ0v) is 10.1. The number of rotatable bonds is 3. The lowest BCUT2D eigenvalue weighted by molar-refractivity contribution is 0.312. The molecule has 1 unspecified atom stereocenters. The van der Waals surface area contributed by atoms with Crippen molar-refractivity contribution in [3.05, 3.63) is 29.6 Å². The van der Waals surface area contributed by atoms with Crippen molar-refractivity contribution in [1.29, 1.82) is 0 Å². The Bertz CT molecular complexity index is 422. The fourth-order valence-corrected chi connectivity index (χ4v) is 3.15. The Hall–Kier alpha value is -1.09. The summed E-state index contributed by atoms with van der Waals surface area (Å²) in [7, 11) is 1.52. The maximum atomic E-state index is 14.4. The summed E-state index contributed by atoms with van der Waals surface area (Å²) in [6, 6.07) is 5.49. The van der Waals surface area contributed by atoms with Crippen LogP contribution in [-0.4, -0.2) is 13.7 Å². The molecule has 0 aromatic heterocycles. The zero-order valence-electron chi connectivity index (χ0n) is 10.1. The Kier molecular flexibility index (Phi) is 2.58. The molecule has 0 amide bonds. The number of hydrogen-bond donors (Lipinski definition) is 1. The van der Waals surface area contributed by atoms with Crippen molar-refractivity contribution in [1.82, 2.24) is 5.32 Å². The summed E-state index contributed by atoms with van der Waals surface area (Å²) in [4.78, 5) is 0. The highest BCUT2D eigenvalue weighted by molar-refractivity contribution is 5.38. The summed E-state index contributed by atoms with van der Waals surface area (Å²) in [5.74, 6) is 0.777. The Balaban J connectivity index is 2.07. The predicted octanol–water partition coefficient (Wildman–Crippen LogP) is 2.82. The number of hydrogen-bond acceptors (Lipinski definition) is 2. The van der Waals surface area contributed by atoms with Crippen molar-refractivity contribution in [3.63, 3.8) is 0 Å². The molecule has 1 aliphatic heterocycles. The number of benzene rings is 1. The highest BCUT2D eigenvalue weighted by Gasteiger charge is 2.49. The van der Waals surface area contributed by atoms with Gasteiger partial charge in [-0.25, -0.2) is 4.39 Å². The zero-order chi connectivity index (χ0) is 11.9. The van der Waals surface area contributed by atoms with Gasteiger partial charge in [-0.2, -0.15) is 0 Å². The predicted molar refractivity (Wildman–Crippen MR) is 64.6 cm³/mol. The molecule has 1 saturated heterocycles. The molecule has 0 radical (unpaired) electrons. The second-order valence-corrected chi connectivity index (χ2v) is 5.10. The van der Waals surface area contributed by atoms with Crippen molar-refractivity contribution in [2.75, 3.05) is 13.7 Å². The van der Waals surface area contributed by atoms with Crippen LogP contribution < -0.4 is 10.1 Å². The van der Waals surface area contributed by atoms with E-state index in [2.05, 4.69) is 5.32 Å². The highest BCUT2D eigenvalue weighted by atomic mass is 19.1. The van der Waals surface area contributed by atoms with Crippen LogP contribution in [0.5, 0.6) is 5.75 Å². The van der Waals surface area contributed by atoms with Crippen LogP contribution in [0, 0.1) is 11.7 Å². The minimum atomic E-state index is -0.184. The van der Waals surface area contributed by atoms with Gasteiger partial charge in [-0.15, -0.1) is 0 Å². The first-order valence-electron chi connectivity index (χ1n) is 6.36. The van der Waals surface area contributed by atoms with Crippen LogP contribution >= 0.6 is 0 Å². The Labute approximate surface area is 101 Å². The molecule has 1 aromatic rings. The van der Waals surface area contributed by atoms with Crippen molar-refractivity contribution >= 4 is 0 Å². The van der Waals surface area contributed by atoms with Crippen molar-refractivity contribution in [2.24, 2.45) is 5.92 Å². The van der Waals surface area contributed by atoms with Crippen molar-refractivity contribution in [2.45, 2.75) is 31.2 Å². The average Bonchev–Trinajstić information content (AvgIpc) is 3.10. The van der Waals surface area contributed by atoms with Gasteiger partial charge >= 0.3 is 0 Å². The van der Waals surface area contributed by atoms with Crippen LogP contribution in [0.25, 0.3) is 0 Å². The third-order valence-corrected chi connectivity index (χ3v) is 4.13. The first-order chi connectivity index (χ1) is 8.28. The van der Waals surface area contributed by atoms with Crippen LogP contribution in [0.15, 0.2) is 18.2 Å². The quantitative estimate of drug-likeness (QED) is 0.869. The van der Waals surface area contributed by atoms with Crippen LogP contribution in [0.1, 0.15) is 31.2 Å². The van der Waals surface area contributed by atoms with Gasteiger partial charge in [0.1, 0.15) is 0 Å². The van der Waals surface area contributed by atoms with Crippen LogP contribution in [0.3, 0.4) is 0 Å². The topological polar surface area (TPSA) is 21.3 Å². The van der Waals surface area contributed by atoms with E-state index in [0.717, 1.165) is 24.9 Å². The van der Waals surface area contributed by atoms with Gasteiger partial charge in [0.05, 0.1) is 7.11 Å². The molecule has 1 saturated carbocycles. The molecule has 3 heteroatoms. The molecule has 2 fully saturated rings. The largest absolute Gasteiger partial charge is 0.494 e. The molecular formula is C14H18FNO. The summed E-state index contributed by atoms with van der Waals surface area (Å²) in [5.41, 5.74) is 0.676. The van der Waals surface area contributed by atoms with Gasteiger partial charge in [0.15, 0.2) is 11.6 Å². The molecular weight excluding hydrogens is 217 g/mol. The SMILES string of the molecule is COc1cccc(C2(C3CC3)CCCN2)c1F. The average molecular weight is 235 g/mol. The van der Waals surface area contributed by atoms with Gasteiger partial charge < -0.3 is 10.1 Å². The molecule has 0 spiro atoms. The lowest BCUT2D eigenvalue weighted by Gasteiger charge is -2.31. The van der Waals surface area contributed by atoms with E-state index in [1.165, 1.54) is 20.0 Å². The Morgan fingerprint density at radius 2 is 2.24 bits per heavy atom. The van der Waals surface area contributed by atoms with Crippen molar-refractivity contribution < 1.29 is 9.13 Å². The van der Waals surface area contributed by atoms with E-state index in [1.54, 1.807) is 6.07 Å². The van der Waals surface area contributed by atoms with E-state index >= 15 is 0 Å². The minimum absolute atomic E-state index is 0.126. The molecule has 0 bridgehead atoms. The Morgan fingerprint density at radius 1 is 1.41 bits per heavy atom. The van der Waals surface area contributed by atoms with E-state index in [9.17, 15) is 4.39 Å². The van der Waals surface area contributed by atoms with E-state index in [0.29, 0.717) is 11.7 Å². The molecule has 1 atom stereocenters. The molecule has 1 aromatic carbocycles. The highest BCUT2D eigenvalue weighted by Crippen LogP contribution is 2.51. The first kappa shape index (κ1) is 11.0. The van der Waals surface area contributed by atoms with Gasteiger partial charge in [0.2, 0.25) is 0 Å². The third-order valence-electron chi connectivity index (χ3n) is 4.13. The summed E-state index contributed by atoms with van der Waals surface area (Å²) in [6.45, 7) is 0.993. The normalized spacial score (nSPS) is 28.4. The minimum Gasteiger partial charge on any atom is -0.494 e. The first-order valence-corrected chi connectivity index (χ1v) is 6.36. The molecule has 3 rings (SSSR count). The standard InChI is InChI=1S/C14H18FNO/c1-17-12-5-2-4-11(13(12)15)14(10-6-7-10)8-3-9-16-14/h2,4-5,10,16H,3,6-9H2,1H3. The second kappa shape index (κ2) is 3.98. The van der Waals surface area contributed by atoms with E-state index in [-0.39, 0.29) is 11.4 Å². The number of ether oxygens (including phenoxy) is 1. The molecule has 17 heavy (non-hydrogen) atoms. The summed E-state index contributed by atoms with van der Waals surface area (Å²) in [5, 5.41) is 3.54. The fraction of sp³-hybridized carbons (Fsp3) is 0.571. The third kappa shape index (κ3) is 1.64. The molecule has 2 nitrogen and oxygen atoms in total. The van der Waals surface area contributed by atoms with E-state index < -0.39 is 0 Å². The van der Waals surface area contributed by atoms with Gasteiger partial charge in [0.25, 0.3) is 0 Å². The van der Waals surface area contributed by atoms with Gasteiger partial charge in [-0.05, 0) is 44.2 Å². The van der Waals surface area contributed by atoms with Crippen LogP contribution in [0.4, 0.5) is 4.39 Å². The fourth-order valence-electron chi connectivity index (χ4n) is 3.15. The molecule has 2 aliphatic rings. The van der Waals surface area contributed by atoms with Crippen molar-refractivity contribution in [3.8, 4) is 5.75 Å². The van der Waals surface area contributed by atoms with Crippen LogP contribution in [0.2, 0.25) is 0 Å². The van der Waals surface area contributed by atoms with E-state index in [4.69, 9.17) is 4.74 Å². The molecule has 92 valence electrons. The smallest absolute Gasteiger partial charge is 0.170 e. The lowest BCUT2D eigenvalue weighted by Crippen LogP contribution is -2.39. The van der Waals surface area contributed by atoms with Gasteiger partial charge in [-0.1, -0.05) is 12.1 Å². The van der Waals surface area contributed by atoms with Gasteiger partial charge in [-0.3, -0.25) is 0 Å². The maximum Gasteiger partial charge on any atom is 0.170 e. The summed E-state index contributed by atoms with van der Waals surface area (Å²) < 4.78 is 19.5. The number of halogens is 1. The van der Waals surface area contributed by atoms with Gasteiger partial charge in [0, 0.05) is 11.1 Å². The summed E-state index contributed by atoms with van der Waals surface area (Å²) >= 11 is 0. The van der Waals surface area contributed by atoms with Crippen LogP contribution in [-0.2, 0) is 5.54 Å². The molecule has 1 aliphatic carbocycles. The summed E-state index contributed by atoms with van der Waals surface area (Å²) in [6.07, 6.45) is 4.60. The van der Waals surface area contributed by atoms with E-state index in [1.807, 2.05) is 12.1 Å². The molecule has 1 N–H and O–H groups in total. The lowest BCUT2D eigenvalue weighted by atomic mass is 9.83. The second-order valence-electron chi connectivity index (χ2n) is 5.10. The maximum absolute atomic E-state index is 14.4. The number of nitrogens with one attached hydrogen (secondary N) is 1. The monoisotopic (exact) mass is 235 g/mol. The number of methoxy groups -OCH3 is 1. The Morgan fingerprint density at radius 3 is 2.82 bits per heavy atom.